The van der Waals surface area contributed by atoms with Crippen LogP contribution in [0.4, 0.5) is 0 Å². The van der Waals surface area contributed by atoms with E-state index < -0.39 is 5.97 Å². The first-order chi connectivity index (χ1) is 9.65. The van der Waals surface area contributed by atoms with Crippen molar-refractivity contribution < 1.29 is 9.90 Å². The number of carbonyl (C=O) groups is 1. The van der Waals surface area contributed by atoms with Crippen molar-refractivity contribution >= 4 is 16.9 Å². The Kier molecular flexibility index (Phi) is 2.99. The number of fused-ring (bicyclic) bond motifs is 1. The SMILES string of the molecule is Cc1ccn(Cc2ccc3ncccc3c2)c1C(=O)O. The second kappa shape index (κ2) is 4.81. The molecule has 100 valence electrons. The van der Waals surface area contributed by atoms with Crippen LogP contribution in [-0.2, 0) is 6.54 Å². The molecule has 0 fully saturated rings. The van der Waals surface area contributed by atoms with E-state index in [1.807, 2.05) is 49.5 Å². The van der Waals surface area contributed by atoms with Crippen molar-refractivity contribution in [3.8, 4) is 0 Å². The lowest BCUT2D eigenvalue weighted by atomic mass is 10.1. The summed E-state index contributed by atoms with van der Waals surface area (Å²) in [6, 6.07) is 11.7. The highest BCUT2D eigenvalue weighted by atomic mass is 16.4. The molecule has 0 aliphatic heterocycles. The van der Waals surface area contributed by atoms with Crippen LogP contribution in [0, 0.1) is 6.92 Å². The molecular formula is C16H14N2O2. The molecule has 0 spiro atoms. The Morgan fingerprint density at radius 3 is 2.95 bits per heavy atom. The Bertz CT molecular complexity index is 790. The van der Waals surface area contributed by atoms with E-state index in [2.05, 4.69) is 4.98 Å². The number of pyridine rings is 1. The zero-order valence-corrected chi connectivity index (χ0v) is 11.1. The Hall–Kier alpha value is -2.62. The van der Waals surface area contributed by atoms with Gasteiger partial charge in [0, 0.05) is 24.3 Å². The van der Waals surface area contributed by atoms with E-state index in [1.54, 1.807) is 10.8 Å². The highest BCUT2D eigenvalue weighted by Gasteiger charge is 2.13. The predicted octanol–water partition coefficient (Wildman–Crippen LogP) is 3.09. The summed E-state index contributed by atoms with van der Waals surface area (Å²) in [5, 5.41) is 10.3. The maximum atomic E-state index is 11.3. The maximum Gasteiger partial charge on any atom is 0.352 e. The van der Waals surface area contributed by atoms with Gasteiger partial charge in [-0.3, -0.25) is 4.98 Å². The van der Waals surface area contributed by atoms with Crippen LogP contribution in [-0.4, -0.2) is 20.6 Å². The number of hydrogen-bond donors (Lipinski definition) is 1. The third-order valence-corrected chi connectivity index (χ3v) is 3.39. The van der Waals surface area contributed by atoms with E-state index >= 15 is 0 Å². The van der Waals surface area contributed by atoms with E-state index in [9.17, 15) is 9.90 Å². The summed E-state index contributed by atoms with van der Waals surface area (Å²) in [5.74, 6) is -0.894. The normalized spacial score (nSPS) is 10.8. The molecule has 4 nitrogen and oxygen atoms in total. The number of nitrogens with zero attached hydrogens (tertiary/aromatic N) is 2. The topological polar surface area (TPSA) is 55.1 Å². The summed E-state index contributed by atoms with van der Waals surface area (Å²) < 4.78 is 1.76. The van der Waals surface area contributed by atoms with Gasteiger partial charge in [0.25, 0.3) is 0 Å². The summed E-state index contributed by atoms with van der Waals surface area (Å²) in [7, 11) is 0. The van der Waals surface area contributed by atoms with Crippen molar-refractivity contribution in [2.75, 3.05) is 0 Å². The van der Waals surface area contributed by atoms with Crippen molar-refractivity contribution in [2.24, 2.45) is 0 Å². The van der Waals surface area contributed by atoms with Crippen LogP contribution in [0.5, 0.6) is 0 Å². The molecule has 3 rings (SSSR count). The van der Waals surface area contributed by atoms with Crippen molar-refractivity contribution in [3.05, 3.63) is 65.6 Å². The first kappa shape index (κ1) is 12.4. The highest BCUT2D eigenvalue weighted by molar-refractivity contribution is 5.87. The van der Waals surface area contributed by atoms with Gasteiger partial charge in [-0.15, -0.1) is 0 Å². The molecule has 3 aromatic rings. The summed E-state index contributed by atoms with van der Waals surface area (Å²) in [6.07, 6.45) is 3.58. The lowest BCUT2D eigenvalue weighted by molar-refractivity contribution is 0.0685. The number of carboxylic acid groups (broad SMARTS) is 1. The largest absolute Gasteiger partial charge is 0.477 e. The molecule has 0 amide bonds. The molecule has 0 aliphatic rings. The van der Waals surface area contributed by atoms with Crippen molar-refractivity contribution in [2.45, 2.75) is 13.5 Å². The summed E-state index contributed by atoms with van der Waals surface area (Å²) in [5.41, 5.74) is 3.12. The Balaban J connectivity index is 1.99. The van der Waals surface area contributed by atoms with Gasteiger partial charge < -0.3 is 9.67 Å². The molecule has 0 saturated heterocycles. The fourth-order valence-electron chi connectivity index (χ4n) is 2.43. The van der Waals surface area contributed by atoms with Crippen LogP contribution >= 0.6 is 0 Å². The number of carboxylic acids is 1. The molecule has 0 saturated carbocycles. The zero-order chi connectivity index (χ0) is 14.1. The second-order valence-electron chi connectivity index (χ2n) is 4.81. The van der Waals surface area contributed by atoms with Crippen LogP contribution < -0.4 is 0 Å². The average molecular weight is 266 g/mol. The van der Waals surface area contributed by atoms with Gasteiger partial charge in [0.05, 0.1) is 5.52 Å². The highest BCUT2D eigenvalue weighted by Crippen LogP contribution is 2.17. The van der Waals surface area contributed by atoms with Gasteiger partial charge in [0.15, 0.2) is 0 Å². The number of hydrogen-bond acceptors (Lipinski definition) is 2. The summed E-state index contributed by atoms with van der Waals surface area (Å²) in [6.45, 7) is 2.35. The Morgan fingerprint density at radius 1 is 1.30 bits per heavy atom. The smallest absolute Gasteiger partial charge is 0.352 e. The number of benzene rings is 1. The van der Waals surface area contributed by atoms with Gasteiger partial charge in [-0.25, -0.2) is 4.79 Å². The molecule has 4 heteroatoms. The lowest BCUT2D eigenvalue weighted by Crippen LogP contribution is -2.10. The minimum absolute atomic E-state index is 0.344. The van der Waals surface area contributed by atoms with Crippen molar-refractivity contribution in [1.82, 2.24) is 9.55 Å². The van der Waals surface area contributed by atoms with Crippen molar-refractivity contribution in [3.63, 3.8) is 0 Å². The Morgan fingerprint density at radius 2 is 2.15 bits per heavy atom. The first-order valence-electron chi connectivity index (χ1n) is 6.38. The van der Waals surface area contributed by atoms with Gasteiger partial charge in [0.2, 0.25) is 0 Å². The molecule has 0 atom stereocenters. The van der Waals surface area contributed by atoms with Crippen LogP contribution in [0.25, 0.3) is 10.9 Å². The van der Waals surface area contributed by atoms with Gasteiger partial charge in [-0.2, -0.15) is 0 Å². The first-order valence-corrected chi connectivity index (χ1v) is 6.38. The molecule has 1 N–H and O–H groups in total. The fourth-order valence-corrected chi connectivity index (χ4v) is 2.43. The molecule has 2 aromatic heterocycles. The van der Waals surface area contributed by atoms with Crippen molar-refractivity contribution in [1.29, 1.82) is 0 Å². The number of aryl methyl sites for hydroxylation is 1. The fraction of sp³-hybridized carbons (Fsp3) is 0.125. The average Bonchev–Trinajstić information content (AvgIpc) is 2.79. The maximum absolute atomic E-state index is 11.3. The monoisotopic (exact) mass is 266 g/mol. The minimum atomic E-state index is -0.894. The third kappa shape index (κ3) is 2.16. The van der Waals surface area contributed by atoms with Crippen LogP contribution in [0.15, 0.2) is 48.8 Å². The van der Waals surface area contributed by atoms with E-state index in [0.29, 0.717) is 12.2 Å². The molecule has 0 bridgehead atoms. The van der Waals surface area contributed by atoms with Gasteiger partial charge in [-0.05, 0) is 42.3 Å². The molecule has 0 radical (unpaired) electrons. The Labute approximate surface area is 116 Å². The van der Waals surface area contributed by atoms with Gasteiger partial charge >= 0.3 is 5.97 Å². The van der Waals surface area contributed by atoms with E-state index in [1.165, 1.54) is 0 Å². The quantitative estimate of drug-likeness (QED) is 0.792. The van der Waals surface area contributed by atoms with Gasteiger partial charge in [-0.1, -0.05) is 12.1 Å². The summed E-state index contributed by atoms with van der Waals surface area (Å²) in [4.78, 5) is 15.6. The molecule has 1 aromatic carbocycles. The molecule has 0 unspecified atom stereocenters. The molecule has 20 heavy (non-hydrogen) atoms. The lowest BCUT2D eigenvalue weighted by Gasteiger charge is -2.08. The van der Waals surface area contributed by atoms with E-state index in [4.69, 9.17) is 0 Å². The number of aromatic nitrogens is 2. The van der Waals surface area contributed by atoms with Crippen LogP contribution in [0.3, 0.4) is 0 Å². The zero-order valence-electron chi connectivity index (χ0n) is 11.1. The molecular weight excluding hydrogens is 252 g/mol. The number of rotatable bonds is 3. The van der Waals surface area contributed by atoms with Crippen LogP contribution in [0.2, 0.25) is 0 Å². The van der Waals surface area contributed by atoms with E-state index in [-0.39, 0.29) is 0 Å². The second-order valence-corrected chi connectivity index (χ2v) is 4.81. The molecule has 0 aliphatic carbocycles. The minimum Gasteiger partial charge on any atom is -0.477 e. The summed E-state index contributed by atoms with van der Waals surface area (Å²) >= 11 is 0. The van der Waals surface area contributed by atoms with Crippen LogP contribution in [0.1, 0.15) is 21.6 Å². The van der Waals surface area contributed by atoms with Gasteiger partial charge in [0.1, 0.15) is 5.69 Å². The predicted molar refractivity (Wildman–Crippen MR) is 77.0 cm³/mol. The standard InChI is InChI=1S/C16H14N2O2/c1-11-6-8-18(15(11)16(19)20)10-12-4-5-14-13(9-12)3-2-7-17-14/h2-9H,10H2,1H3,(H,19,20). The third-order valence-electron chi connectivity index (χ3n) is 3.39. The number of aromatic carboxylic acids is 1. The van der Waals surface area contributed by atoms with E-state index in [0.717, 1.165) is 22.0 Å². The molecule has 2 heterocycles.